The van der Waals surface area contributed by atoms with E-state index < -0.39 is 0 Å². The first-order valence-electron chi connectivity index (χ1n) is 6.57. The summed E-state index contributed by atoms with van der Waals surface area (Å²) in [7, 11) is 2.27. The highest BCUT2D eigenvalue weighted by molar-refractivity contribution is 9.10. The molecule has 1 N–H and O–H groups in total. The number of nitrogens with zero attached hydrogens (tertiary/aromatic N) is 1. The molecule has 18 heavy (non-hydrogen) atoms. The molecule has 2 fully saturated rings. The lowest BCUT2D eigenvalue weighted by Crippen LogP contribution is -2.44. The molecule has 4 heteroatoms. The Labute approximate surface area is 122 Å². The van der Waals surface area contributed by atoms with E-state index in [0.717, 1.165) is 27.3 Å². The number of benzene rings is 1. The van der Waals surface area contributed by atoms with Gasteiger partial charge in [-0.1, -0.05) is 27.5 Å². The van der Waals surface area contributed by atoms with Gasteiger partial charge in [0.2, 0.25) is 0 Å². The Balaban J connectivity index is 1.72. The monoisotopic (exact) mass is 328 g/mol. The molecule has 0 spiro atoms. The van der Waals surface area contributed by atoms with Crippen LogP contribution in [-0.2, 0) is 0 Å². The fraction of sp³-hybridized carbons (Fsp3) is 0.571. The summed E-state index contributed by atoms with van der Waals surface area (Å²) in [4.78, 5) is 2.56. The number of piperidine rings is 1. The van der Waals surface area contributed by atoms with Crippen molar-refractivity contribution in [3.05, 3.63) is 27.7 Å². The van der Waals surface area contributed by atoms with Gasteiger partial charge in [0, 0.05) is 22.6 Å². The third-order valence-corrected chi connectivity index (χ3v) is 5.21. The quantitative estimate of drug-likeness (QED) is 0.877. The molecule has 2 atom stereocenters. The van der Waals surface area contributed by atoms with Gasteiger partial charge in [-0.05, 0) is 50.9 Å². The van der Waals surface area contributed by atoms with Gasteiger partial charge < -0.3 is 10.2 Å². The maximum atomic E-state index is 6.24. The van der Waals surface area contributed by atoms with Crippen molar-refractivity contribution in [2.75, 3.05) is 12.4 Å². The molecule has 2 unspecified atom stereocenters. The Morgan fingerprint density at radius 3 is 2.61 bits per heavy atom. The average Bonchev–Trinajstić information content (AvgIpc) is 2.58. The fourth-order valence-corrected chi connectivity index (χ4v) is 3.89. The largest absolute Gasteiger partial charge is 0.381 e. The Hall–Kier alpha value is -0.250. The second-order valence-corrected chi connectivity index (χ2v) is 6.81. The van der Waals surface area contributed by atoms with Crippen LogP contribution in [0.15, 0.2) is 22.7 Å². The standard InChI is InChI=1S/C14H18BrClN2/c1-18-11-3-4-12(18)8-10(7-11)17-14-6-9(15)2-5-13(14)16/h2,5-6,10-12,17H,3-4,7-8H2,1H3. The molecule has 0 amide bonds. The van der Waals surface area contributed by atoms with Crippen LogP contribution in [0.5, 0.6) is 0 Å². The van der Waals surface area contributed by atoms with E-state index in [-0.39, 0.29) is 0 Å². The zero-order valence-electron chi connectivity index (χ0n) is 10.5. The van der Waals surface area contributed by atoms with E-state index in [1.165, 1.54) is 25.7 Å². The lowest BCUT2D eigenvalue weighted by Gasteiger charge is -2.37. The first-order chi connectivity index (χ1) is 8.63. The van der Waals surface area contributed by atoms with Gasteiger partial charge in [-0.25, -0.2) is 0 Å². The lowest BCUT2D eigenvalue weighted by atomic mass is 9.98. The zero-order chi connectivity index (χ0) is 12.7. The summed E-state index contributed by atoms with van der Waals surface area (Å²) >= 11 is 9.74. The van der Waals surface area contributed by atoms with Gasteiger partial charge >= 0.3 is 0 Å². The molecular formula is C14H18BrClN2. The van der Waals surface area contributed by atoms with Crippen LogP contribution in [0.25, 0.3) is 0 Å². The highest BCUT2D eigenvalue weighted by atomic mass is 79.9. The molecule has 0 aliphatic carbocycles. The van der Waals surface area contributed by atoms with Crippen LogP contribution in [0.4, 0.5) is 5.69 Å². The van der Waals surface area contributed by atoms with E-state index in [2.05, 4.69) is 39.3 Å². The normalized spacial score (nSPS) is 31.6. The SMILES string of the molecule is CN1C2CCC1CC(Nc1cc(Br)ccc1Cl)C2. The van der Waals surface area contributed by atoms with Crippen molar-refractivity contribution in [1.29, 1.82) is 0 Å². The summed E-state index contributed by atoms with van der Waals surface area (Å²) < 4.78 is 1.07. The number of anilines is 1. The first kappa shape index (κ1) is 12.8. The third-order valence-electron chi connectivity index (χ3n) is 4.39. The van der Waals surface area contributed by atoms with Gasteiger partial charge in [-0.3, -0.25) is 0 Å². The van der Waals surface area contributed by atoms with E-state index in [1.807, 2.05) is 12.1 Å². The van der Waals surface area contributed by atoms with E-state index in [0.29, 0.717) is 6.04 Å². The molecule has 98 valence electrons. The van der Waals surface area contributed by atoms with Crippen molar-refractivity contribution >= 4 is 33.2 Å². The molecule has 2 aliphatic heterocycles. The third kappa shape index (κ3) is 2.40. The van der Waals surface area contributed by atoms with Crippen LogP contribution in [-0.4, -0.2) is 30.1 Å². The Morgan fingerprint density at radius 1 is 1.28 bits per heavy atom. The van der Waals surface area contributed by atoms with E-state index >= 15 is 0 Å². The van der Waals surface area contributed by atoms with Crippen molar-refractivity contribution < 1.29 is 0 Å². The minimum Gasteiger partial charge on any atom is -0.381 e. The summed E-state index contributed by atoms with van der Waals surface area (Å²) in [6.45, 7) is 0. The van der Waals surface area contributed by atoms with Gasteiger partial charge in [0.1, 0.15) is 0 Å². The van der Waals surface area contributed by atoms with Crippen molar-refractivity contribution in [2.24, 2.45) is 0 Å². The predicted octanol–water partition coefficient (Wildman–Crippen LogP) is 4.14. The highest BCUT2D eigenvalue weighted by Crippen LogP contribution is 2.36. The van der Waals surface area contributed by atoms with Crippen molar-refractivity contribution in [2.45, 2.75) is 43.8 Å². The molecule has 3 rings (SSSR count). The summed E-state index contributed by atoms with van der Waals surface area (Å²) in [6, 6.07) is 8.07. The molecule has 0 radical (unpaired) electrons. The maximum Gasteiger partial charge on any atom is 0.0638 e. The molecule has 2 aliphatic rings. The second-order valence-electron chi connectivity index (χ2n) is 5.49. The molecule has 2 nitrogen and oxygen atoms in total. The molecule has 0 aromatic heterocycles. The van der Waals surface area contributed by atoms with E-state index in [1.54, 1.807) is 0 Å². The Morgan fingerprint density at radius 2 is 1.94 bits per heavy atom. The Kier molecular flexibility index (Phi) is 3.57. The molecular weight excluding hydrogens is 312 g/mol. The molecule has 1 aromatic carbocycles. The summed E-state index contributed by atoms with van der Waals surface area (Å²) in [5.41, 5.74) is 1.06. The average molecular weight is 330 g/mol. The van der Waals surface area contributed by atoms with Gasteiger partial charge in [0.15, 0.2) is 0 Å². The van der Waals surface area contributed by atoms with Crippen LogP contribution in [0.3, 0.4) is 0 Å². The van der Waals surface area contributed by atoms with E-state index in [9.17, 15) is 0 Å². The zero-order valence-corrected chi connectivity index (χ0v) is 12.8. The summed E-state index contributed by atoms with van der Waals surface area (Å²) in [6.07, 6.45) is 5.17. The minimum atomic E-state index is 0.561. The van der Waals surface area contributed by atoms with Crippen molar-refractivity contribution in [1.82, 2.24) is 4.90 Å². The summed E-state index contributed by atoms with van der Waals surface area (Å²) in [5.74, 6) is 0. The maximum absolute atomic E-state index is 6.24. The van der Waals surface area contributed by atoms with Crippen LogP contribution < -0.4 is 5.32 Å². The van der Waals surface area contributed by atoms with Gasteiger partial charge in [-0.2, -0.15) is 0 Å². The van der Waals surface area contributed by atoms with Gasteiger partial charge in [-0.15, -0.1) is 0 Å². The van der Waals surface area contributed by atoms with Crippen LogP contribution in [0.1, 0.15) is 25.7 Å². The molecule has 2 bridgehead atoms. The number of fused-ring (bicyclic) bond motifs is 2. The van der Waals surface area contributed by atoms with Crippen LogP contribution >= 0.6 is 27.5 Å². The number of nitrogens with one attached hydrogen (secondary N) is 1. The predicted molar refractivity (Wildman–Crippen MR) is 80.4 cm³/mol. The fourth-order valence-electron chi connectivity index (χ4n) is 3.36. The number of halogens is 2. The highest BCUT2D eigenvalue weighted by Gasteiger charge is 2.38. The number of hydrogen-bond donors (Lipinski definition) is 1. The second kappa shape index (κ2) is 5.03. The molecule has 1 aromatic rings. The Bertz CT molecular complexity index is 437. The van der Waals surface area contributed by atoms with E-state index in [4.69, 9.17) is 11.6 Å². The van der Waals surface area contributed by atoms with Gasteiger partial charge in [0.05, 0.1) is 10.7 Å². The number of hydrogen-bond acceptors (Lipinski definition) is 2. The van der Waals surface area contributed by atoms with Crippen LogP contribution in [0, 0.1) is 0 Å². The first-order valence-corrected chi connectivity index (χ1v) is 7.74. The van der Waals surface area contributed by atoms with Crippen molar-refractivity contribution in [3.8, 4) is 0 Å². The minimum absolute atomic E-state index is 0.561. The van der Waals surface area contributed by atoms with Crippen molar-refractivity contribution in [3.63, 3.8) is 0 Å². The molecule has 2 saturated heterocycles. The topological polar surface area (TPSA) is 15.3 Å². The molecule has 0 saturated carbocycles. The molecule has 2 heterocycles. The smallest absolute Gasteiger partial charge is 0.0638 e. The lowest BCUT2D eigenvalue weighted by molar-refractivity contribution is 0.169. The van der Waals surface area contributed by atoms with Crippen LogP contribution in [0.2, 0.25) is 5.02 Å². The van der Waals surface area contributed by atoms with Gasteiger partial charge in [0.25, 0.3) is 0 Å². The number of rotatable bonds is 2. The summed E-state index contributed by atoms with van der Waals surface area (Å²) in [5, 5.41) is 4.43.